The van der Waals surface area contributed by atoms with Crippen LogP contribution in [0.3, 0.4) is 0 Å². The summed E-state index contributed by atoms with van der Waals surface area (Å²) in [6.45, 7) is 8.42. The number of methoxy groups -OCH3 is 1. The molecular weight excluding hydrogens is 254 g/mol. The van der Waals surface area contributed by atoms with Gasteiger partial charge in [0.25, 0.3) is 0 Å². The Hall–Kier alpha value is -0.910. The van der Waals surface area contributed by atoms with E-state index in [0.29, 0.717) is 19.3 Å². The molecule has 1 atom stereocenters. The summed E-state index contributed by atoms with van der Waals surface area (Å²) in [5, 5.41) is 3.52. The van der Waals surface area contributed by atoms with Crippen LogP contribution < -0.4 is 5.32 Å². The Balaban J connectivity index is 2.38. The van der Waals surface area contributed by atoms with Crippen molar-refractivity contribution in [2.24, 2.45) is 0 Å². The number of hydrogen-bond donors (Lipinski definition) is 1. The third-order valence-electron chi connectivity index (χ3n) is 3.23. The molecule has 116 valence electrons. The van der Waals surface area contributed by atoms with Crippen LogP contribution in [0.15, 0.2) is 12.4 Å². The number of rotatable bonds is 12. The third kappa shape index (κ3) is 6.50. The van der Waals surface area contributed by atoms with Crippen LogP contribution in [0.2, 0.25) is 0 Å². The summed E-state index contributed by atoms with van der Waals surface area (Å²) in [5.41, 5.74) is 0. The SMILES string of the molecule is CCCn1ccnc1CC(CCOCCOC)NCC. The quantitative estimate of drug-likeness (QED) is 0.595. The Morgan fingerprint density at radius 3 is 2.85 bits per heavy atom. The Morgan fingerprint density at radius 1 is 1.30 bits per heavy atom. The van der Waals surface area contributed by atoms with Crippen LogP contribution >= 0.6 is 0 Å². The molecule has 0 radical (unpaired) electrons. The van der Waals surface area contributed by atoms with Crippen molar-refractivity contribution in [1.82, 2.24) is 14.9 Å². The van der Waals surface area contributed by atoms with Crippen molar-refractivity contribution in [3.05, 3.63) is 18.2 Å². The van der Waals surface area contributed by atoms with Crippen molar-refractivity contribution >= 4 is 0 Å². The molecule has 0 aliphatic heterocycles. The lowest BCUT2D eigenvalue weighted by molar-refractivity contribution is 0.0657. The van der Waals surface area contributed by atoms with Crippen LogP contribution in [0.5, 0.6) is 0 Å². The summed E-state index contributed by atoms with van der Waals surface area (Å²) in [6, 6.07) is 0.417. The van der Waals surface area contributed by atoms with Crippen molar-refractivity contribution in [3.8, 4) is 0 Å². The highest BCUT2D eigenvalue weighted by Crippen LogP contribution is 2.06. The van der Waals surface area contributed by atoms with E-state index in [1.165, 1.54) is 0 Å². The van der Waals surface area contributed by atoms with E-state index < -0.39 is 0 Å². The fraction of sp³-hybridized carbons (Fsp3) is 0.800. The maximum atomic E-state index is 5.56. The molecule has 0 aromatic carbocycles. The van der Waals surface area contributed by atoms with E-state index in [1.54, 1.807) is 7.11 Å². The maximum absolute atomic E-state index is 5.56. The molecule has 1 heterocycles. The largest absolute Gasteiger partial charge is 0.382 e. The lowest BCUT2D eigenvalue weighted by atomic mass is 10.1. The lowest BCUT2D eigenvalue weighted by Crippen LogP contribution is -2.33. The maximum Gasteiger partial charge on any atom is 0.110 e. The Labute approximate surface area is 122 Å². The van der Waals surface area contributed by atoms with Gasteiger partial charge in [-0.15, -0.1) is 0 Å². The minimum absolute atomic E-state index is 0.417. The molecule has 5 heteroatoms. The van der Waals surface area contributed by atoms with E-state index in [4.69, 9.17) is 9.47 Å². The molecular formula is C15H29N3O2. The van der Waals surface area contributed by atoms with Crippen LogP contribution in [-0.4, -0.2) is 49.1 Å². The molecule has 0 amide bonds. The normalized spacial score (nSPS) is 12.8. The average molecular weight is 283 g/mol. The lowest BCUT2D eigenvalue weighted by Gasteiger charge is -2.18. The predicted molar refractivity (Wildman–Crippen MR) is 81.0 cm³/mol. The van der Waals surface area contributed by atoms with Crippen molar-refractivity contribution in [3.63, 3.8) is 0 Å². The highest BCUT2D eigenvalue weighted by molar-refractivity contribution is 4.95. The van der Waals surface area contributed by atoms with Gasteiger partial charge in [0.15, 0.2) is 0 Å². The predicted octanol–water partition coefficient (Wildman–Crippen LogP) is 1.87. The van der Waals surface area contributed by atoms with Crippen LogP contribution in [0, 0.1) is 0 Å². The highest BCUT2D eigenvalue weighted by Gasteiger charge is 2.12. The number of imidazole rings is 1. The van der Waals surface area contributed by atoms with Gasteiger partial charge in [-0.05, 0) is 19.4 Å². The van der Waals surface area contributed by atoms with Gasteiger partial charge in [0.2, 0.25) is 0 Å². The standard InChI is InChI=1S/C15H29N3O2/c1-4-8-18-9-7-17-15(18)13-14(16-5-2)6-10-20-12-11-19-3/h7,9,14,16H,4-6,8,10-13H2,1-3H3. The first-order valence-corrected chi connectivity index (χ1v) is 7.61. The van der Waals surface area contributed by atoms with Gasteiger partial charge in [-0.25, -0.2) is 4.98 Å². The van der Waals surface area contributed by atoms with Gasteiger partial charge >= 0.3 is 0 Å². The summed E-state index contributed by atoms with van der Waals surface area (Å²) in [6.07, 6.45) is 7.04. The molecule has 20 heavy (non-hydrogen) atoms. The molecule has 0 bridgehead atoms. The molecule has 5 nitrogen and oxygen atoms in total. The van der Waals surface area contributed by atoms with E-state index in [9.17, 15) is 0 Å². The van der Waals surface area contributed by atoms with Crippen molar-refractivity contribution in [1.29, 1.82) is 0 Å². The van der Waals surface area contributed by atoms with Crippen LogP contribution in [0.25, 0.3) is 0 Å². The van der Waals surface area contributed by atoms with E-state index in [-0.39, 0.29) is 0 Å². The number of nitrogens with one attached hydrogen (secondary N) is 1. The Morgan fingerprint density at radius 2 is 2.15 bits per heavy atom. The van der Waals surface area contributed by atoms with Gasteiger partial charge < -0.3 is 19.4 Å². The van der Waals surface area contributed by atoms with Crippen LogP contribution in [0.1, 0.15) is 32.5 Å². The zero-order chi connectivity index (χ0) is 14.6. The number of hydrogen-bond acceptors (Lipinski definition) is 4. The molecule has 0 saturated heterocycles. The monoisotopic (exact) mass is 283 g/mol. The molecule has 0 aliphatic carbocycles. The molecule has 1 rings (SSSR count). The third-order valence-corrected chi connectivity index (χ3v) is 3.23. The Bertz CT molecular complexity index is 342. The minimum Gasteiger partial charge on any atom is -0.382 e. The Kier molecular flexibility index (Phi) is 9.28. The summed E-state index contributed by atoms with van der Waals surface area (Å²) in [4.78, 5) is 4.48. The van der Waals surface area contributed by atoms with Gasteiger partial charge in [-0.3, -0.25) is 0 Å². The highest BCUT2D eigenvalue weighted by atomic mass is 16.5. The second-order valence-corrected chi connectivity index (χ2v) is 4.89. The number of nitrogens with zero attached hydrogens (tertiary/aromatic N) is 2. The minimum atomic E-state index is 0.417. The van der Waals surface area contributed by atoms with Crippen molar-refractivity contribution in [2.75, 3.05) is 33.5 Å². The van der Waals surface area contributed by atoms with Gasteiger partial charge in [-0.2, -0.15) is 0 Å². The molecule has 0 saturated carbocycles. The second-order valence-electron chi connectivity index (χ2n) is 4.89. The first-order valence-electron chi connectivity index (χ1n) is 7.61. The number of ether oxygens (including phenoxy) is 2. The van der Waals surface area contributed by atoms with Gasteiger partial charge in [0.05, 0.1) is 13.2 Å². The van der Waals surface area contributed by atoms with Crippen LogP contribution in [0.4, 0.5) is 0 Å². The van der Waals surface area contributed by atoms with Crippen molar-refractivity contribution in [2.45, 2.75) is 45.7 Å². The molecule has 1 aromatic rings. The zero-order valence-corrected chi connectivity index (χ0v) is 13.1. The summed E-state index contributed by atoms with van der Waals surface area (Å²) in [7, 11) is 1.69. The summed E-state index contributed by atoms with van der Waals surface area (Å²) >= 11 is 0. The first-order chi connectivity index (χ1) is 9.81. The van der Waals surface area contributed by atoms with Crippen LogP contribution in [-0.2, 0) is 22.4 Å². The van der Waals surface area contributed by atoms with E-state index in [0.717, 1.165) is 44.8 Å². The van der Waals surface area contributed by atoms with Crippen molar-refractivity contribution < 1.29 is 9.47 Å². The fourth-order valence-corrected chi connectivity index (χ4v) is 2.23. The van der Waals surface area contributed by atoms with Gasteiger partial charge in [0.1, 0.15) is 5.82 Å². The van der Waals surface area contributed by atoms with E-state index in [2.05, 4.69) is 34.9 Å². The molecule has 0 fully saturated rings. The summed E-state index contributed by atoms with van der Waals surface area (Å²) < 4.78 is 12.8. The topological polar surface area (TPSA) is 48.3 Å². The molecule has 0 spiro atoms. The molecule has 0 aliphatic rings. The first kappa shape index (κ1) is 17.1. The number of aryl methyl sites for hydroxylation is 1. The second kappa shape index (κ2) is 10.8. The summed E-state index contributed by atoms with van der Waals surface area (Å²) in [5.74, 6) is 1.16. The average Bonchev–Trinajstić information content (AvgIpc) is 2.86. The van der Waals surface area contributed by atoms with E-state index in [1.807, 2.05) is 6.20 Å². The van der Waals surface area contributed by atoms with E-state index >= 15 is 0 Å². The molecule has 1 N–H and O–H groups in total. The molecule has 1 aromatic heterocycles. The number of likely N-dealkylation sites (N-methyl/N-ethyl adjacent to an activating group) is 1. The number of aromatic nitrogens is 2. The molecule has 1 unspecified atom stereocenters. The fourth-order valence-electron chi connectivity index (χ4n) is 2.23. The smallest absolute Gasteiger partial charge is 0.110 e. The zero-order valence-electron chi connectivity index (χ0n) is 13.1. The van der Waals surface area contributed by atoms with Gasteiger partial charge in [0, 0.05) is 45.1 Å². The van der Waals surface area contributed by atoms with Gasteiger partial charge in [-0.1, -0.05) is 13.8 Å².